The molecule has 1 atom stereocenters. The van der Waals surface area contributed by atoms with Gasteiger partial charge in [0, 0.05) is 13.3 Å². The molecule has 0 aliphatic rings. The minimum Gasteiger partial charge on any atom is -0.314 e. The fourth-order valence-corrected chi connectivity index (χ4v) is 1.00. The maximum Gasteiger partial charge on any atom is 0.225 e. The molecule has 0 bridgehead atoms. The van der Waals surface area contributed by atoms with Crippen molar-refractivity contribution in [3.8, 4) is 0 Å². The smallest absolute Gasteiger partial charge is 0.225 e. The van der Waals surface area contributed by atoms with Gasteiger partial charge in [0.2, 0.25) is 6.04 Å². The van der Waals surface area contributed by atoms with Gasteiger partial charge >= 0.3 is 0 Å². The van der Waals surface area contributed by atoms with Crippen molar-refractivity contribution in [2.24, 2.45) is 0 Å². The summed E-state index contributed by atoms with van der Waals surface area (Å²) in [7, 11) is 0. The van der Waals surface area contributed by atoms with Crippen LogP contribution in [0.2, 0.25) is 0 Å². The normalized spacial score (nSPS) is 12.0. The van der Waals surface area contributed by atoms with E-state index in [-0.39, 0.29) is 6.04 Å². The standard InChI is InChI=1S/C10H11N/c1-9(11-2)8-10-6-4-3-5-7-10/h3-7,9H,8H2,1H3/t9-/m1/s1. The molecule has 0 saturated carbocycles. The van der Waals surface area contributed by atoms with E-state index < -0.39 is 0 Å². The number of hydrogen-bond donors (Lipinski definition) is 0. The average molecular weight is 145 g/mol. The summed E-state index contributed by atoms with van der Waals surface area (Å²) in [5.41, 5.74) is 1.25. The lowest BCUT2D eigenvalue weighted by atomic mass is 10.1. The zero-order valence-electron chi connectivity index (χ0n) is 6.62. The Morgan fingerprint density at radius 3 is 2.55 bits per heavy atom. The van der Waals surface area contributed by atoms with Crippen molar-refractivity contribution in [1.82, 2.24) is 0 Å². The third-order valence-corrected chi connectivity index (χ3v) is 1.59. The molecule has 0 aliphatic carbocycles. The Morgan fingerprint density at radius 1 is 1.36 bits per heavy atom. The third-order valence-electron chi connectivity index (χ3n) is 1.59. The average Bonchev–Trinajstić information content (AvgIpc) is 2.06. The molecule has 1 aromatic carbocycles. The van der Waals surface area contributed by atoms with Gasteiger partial charge in [-0.25, -0.2) is 6.57 Å². The van der Waals surface area contributed by atoms with Gasteiger partial charge in [-0.2, -0.15) is 0 Å². The summed E-state index contributed by atoms with van der Waals surface area (Å²) < 4.78 is 0. The molecule has 0 unspecified atom stereocenters. The number of nitrogens with zero attached hydrogens (tertiary/aromatic N) is 1. The molecule has 0 amide bonds. The van der Waals surface area contributed by atoms with Gasteiger partial charge in [0.15, 0.2) is 0 Å². The fraction of sp³-hybridized carbons (Fsp3) is 0.300. The molecule has 11 heavy (non-hydrogen) atoms. The monoisotopic (exact) mass is 145 g/mol. The molecule has 0 fully saturated rings. The first-order valence-electron chi connectivity index (χ1n) is 3.73. The lowest BCUT2D eigenvalue weighted by Crippen LogP contribution is -1.99. The minimum absolute atomic E-state index is 0.109. The minimum atomic E-state index is 0.109. The van der Waals surface area contributed by atoms with Gasteiger partial charge in [-0.1, -0.05) is 30.3 Å². The molecular formula is C10H11N. The molecule has 1 nitrogen and oxygen atoms in total. The Balaban J connectivity index is 2.60. The molecule has 1 aromatic rings. The first-order valence-corrected chi connectivity index (χ1v) is 3.73. The van der Waals surface area contributed by atoms with Gasteiger partial charge in [-0.15, -0.1) is 0 Å². The van der Waals surface area contributed by atoms with E-state index in [1.54, 1.807) is 0 Å². The zero-order chi connectivity index (χ0) is 8.10. The highest BCUT2D eigenvalue weighted by atomic mass is 14.7. The zero-order valence-corrected chi connectivity index (χ0v) is 6.62. The van der Waals surface area contributed by atoms with E-state index >= 15 is 0 Å². The van der Waals surface area contributed by atoms with Gasteiger partial charge in [0.05, 0.1) is 0 Å². The first-order chi connectivity index (χ1) is 5.33. The summed E-state index contributed by atoms with van der Waals surface area (Å²) in [6, 6.07) is 10.2. The molecule has 0 radical (unpaired) electrons. The number of hydrogen-bond acceptors (Lipinski definition) is 0. The molecule has 1 heteroatoms. The van der Waals surface area contributed by atoms with Crippen LogP contribution in [0, 0.1) is 6.57 Å². The Bertz CT molecular complexity index is 245. The van der Waals surface area contributed by atoms with Crippen LogP contribution in [-0.4, -0.2) is 6.04 Å². The van der Waals surface area contributed by atoms with Crippen LogP contribution < -0.4 is 0 Å². The fourth-order valence-electron chi connectivity index (χ4n) is 1.00. The highest BCUT2D eigenvalue weighted by molar-refractivity contribution is 5.16. The van der Waals surface area contributed by atoms with Crippen LogP contribution in [0.3, 0.4) is 0 Å². The highest BCUT2D eigenvalue weighted by Gasteiger charge is 2.03. The van der Waals surface area contributed by atoms with Crippen molar-refractivity contribution in [3.63, 3.8) is 0 Å². The predicted molar refractivity (Wildman–Crippen MR) is 46.2 cm³/mol. The van der Waals surface area contributed by atoms with Crippen LogP contribution >= 0.6 is 0 Å². The van der Waals surface area contributed by atoms with Crippen molar-refractivity contribution in [3.05, 3.63) is 47.3 Å². The van der Waals surface area contributed by atoms with Crippen molar-refractivity contribution < 1.29 is 0 Å². The van der Waals surface area contributed by atoms with E-state index in [2.05, 4.69) is 17.0 Å². The summed E-state index contributed by atoms with van der Waals surface area (Å²) >= 11 is 0. The Kier molecular flexibility index (Phi) is 2.68. The molecular weight excluding hydrogens is 134 g/mol. The largest absolute Gasteiger partial charge is 0.314 e. The van der Waals surface area contributed by atoms with Crippen molar-refractivity contribution in [2.45, 2.75) is 19.4 Å². The van der Waals surface area contributed by atoms with E-state index in [1.165, 1.54) is 5.56 Å². The van der Waals surface area contributed by atoms with Crippen LogP contribution in [-0.2, 0) is 6.42 Å². The quantitative estimate of drug-likeness (QED) is 0.563. The summed E-state index contributed by atoms with van der Waals surface area (Å²) in [5, 5.41) is 0. The van der Waals surface area contributed by atoms with E-state index in [0.29, 0.717) is 0 Å². The number of rotatable bonds is 2. The molecule has 1 rings (SSSR count). The second-order valence-electron chi connectivity index (χ2n) is 2.67. The van der Waals surface area contributed by atoms with Crippen LogP contribution in [0.4, 0.5) is 0 Å². The van der Waals surface area contributed by atoms with E-state index in [9.17, 15) is 0 Å². The second-order valence-corrected chi connectivity index (χ2v) is 2.67. The van der Waals surface area contributed by atoms with E-state index in [4.69, 9.17) is 6.57 Å². The van der Waals surface area contributed by atoms with Crippen LogP contribution in [0.1, 0.15) is 12.5 Å². The van der Waals surface area contributed by atoms with Crippen LogP contribution in [0.5, 0.6) is 0 Å². The topological polar surface area (TPSA) is 4.36 Å². The van der Waals surface area contributed by atoms with Gasteiger partial charge in [-0.05, 0) is 5.56 Å². The highest BCUT2D eigenvalue weighted by Crippen LogP contribution is 2.04. The van der Waals surface area contributed by atoms with Crippen molar-refractivity contribution in [2.75, 3.05) is 0 Å². The summed E-state index contributed by atoms with van der Waals surface area (Å²) in [5.74, 6) is 0. The number of benzene rings is 1. The van der Waals surface area contributed by atoms with Gasteiger partial charge in [-0.3, -0.25) is 0 Å². The molecule has 0 saturated heterocycles. The summed E-state index contributed by atoms with van der Waals surface area (Å²) in [4.78, 5) is 3.43. The maximum absolute atomic E-state index is 6.78. The predicted octanol–water partition coefficient (Wildman–Crippen LogP) is 2.54. The molecule has 0 spiro atoms. The maximum atomic E-state index is 6.78. The third kappa shape index (κ3) is 2.43. The van der Waals surface area contributed by atoms with Gasteiger partial charge in [0.1, 0.15) is 0 Å². The van der Waals surface area contributed by atoms with E-state index in [1.807, 2.05) is 25.1 Å². The molecule has 56 valence electrons. The lowest BCUT2D eigenvalue weighted by molar-refractivity contribution is 0.844. The Labute approximate surface area is 67.5 Å². The molecule has 0 N–H and O–H groups in total. The summed E-state index contributed by atoms with van der Waals surface area (Å²) in [6.45, 7) is 8.73. The summed E-state index contributed by atoms with van der Waals surface area (Å²) in [6.07, 6.45) is 0.865. The van der Waals surface area contributed by atoms with E-state index in [0.717, 1.165) is 6.42 Å². The lowest BCUT2D eigenvalue weighted by Gasteiger charge is -1.97. The SMILES string of the molecule is [C-]#[N+][C@H](C)Cc1ccccc1. The Morgan fingerprint density at radius 2 is 2.00 bits per heavy atom. The molecule has 0 heterocycles. The van der Waals surface area contributed by atoms with Gasteiger partial charge < -0.3 is 4.85 Å². The van der Waals surface area contributed by atoms with Crippen LogP contribution in [0.15, 0.2) is 30.3 Å². The Hall–Kier alpha value is -1.29. The van der Waals surface area contributed by atoms with Crippen molar-refractivity contribution >= 4 is 0 Å². The second kappa shape index (κ2) is 3.78. The van der Waals surface area contributed by atoms with Crippen LogP contribution in [0.25, 0.3) is 4.85 Å². The molecule has 0 aliphatic heterocycles. The molecule has 0 aromatic heterocycles. The van der Waals surface area contributed by atoms with Crippen molar-refractivity contribution in [1.29, 1.82) is 0 Å². The first kappa shape index (κ1) is 7.81. The van der Waals surface area contributed by atoms with Gasteiger partial charge in [0.25, 0.3) is 0 Å².